The highest BCUT2D eigenvalue weighted by Gasteiger charge is 2.32. The predicted octanol–water partition coefficient (Wildman–Crippen LogP) is 5.09. The average molecular weight is 345 g/mol. The van der Waals surface area contributed by atoms with Crippen LogP contribution in [-0.4, -0.2) is 27.0 Å². The SMILES string of the molecule is CCCCCCCCCCCCC(C)C(C(=O)O)C(=S)C(=O)O. The number of carboxylic acids is 2. The Morgan fingerprint density at radius 2 is 1.30 bits per heavy atom. The number of aliphatic carboxylic acids is 2. The van der Waals surface area contributed by atoms with Gasteiger partial charge in [0.1, 0.15) is 10.8 Å². The molecule has 23 heavy (non-hydrogen) atoms. The molecule has 0 spiro atoms. The van der Waals surface area contributed by atoms with Crippen LogP contribution in [0, 0.1) is 11.8 Å². The Labute approximate surface area is 145 Å². The molecule has 0 aromatic carbocycles. The largest absolute Gasteiger partial charge is 0.481 e. The molecule has 0 rings (SSSR count). The normalized spacial score (nSPS) is 13.5. The Kier molecular flexibility index (Phi) is 12.9. The van der Waals surface area contributed by atoms with Crippen molar-refractivity contribution in [1.82, 2.24) is 0 Å². The van der Waals surface area contributed by atoms with Gasteiger partial charge in [0.15, 0.2) is 0 Å². The maximum Gasteiger partial charge on any atom is 0.343 e. The van der Waals surface area contributed by atoms with E-state index in [1.54, 1.807) is 6.92 Å². The third-order valence-electron chi connectivity index (χ3n) is 4.34. The first-order valence-corrected chi connectivity index (χ1v) is 9.32. The van der Waals surface area contributed by atoms with Crippen LogP contribution in [0.2, 0.25) is 0 Å². The fourth-order valence-corrected chi connectivity index (χ4v) is 3.20. The zero-order chi connectivity index (χ0) is 17.7. The van der Waals surface area contributed by atoms with Crippen molar-refractivity contribution < 1.29 is 19.8 Å². The molecule has 0 aliphatic rings. The van der Waals surface area contributed by atoms with Crippen LogP contribution in [-0.2, 0) is 9.59 Å². The lowest BCUT2D eigenvalue weighted by atomic mass is 9.86. The van der Waals surface area contributed by atoms with E-state index in [9.17, 15) is 14.7 Å². The van der Waals surface area contributed by atoms with E-state index in [2.05, 4.69) is 6.92 Å². The number of carbonyl (C=O) groups is 2. The van der Waals surface area contributed by atoms with Gasteiger partial charge in [-0.05, 0) is 12.3 Å². The Bertz CT molecular complexity index is 368. The molecule has 0 aliphatic carbocycles. The molecule has 2 N–H and O–H groups in total. The fourth-order valence-electron chi connectivity index (χ4n) is 2.87. The van der Waals surface area contributed by atoms with Crippen LogP contribution in [0.15, 0.2) is 0 Å². The molecule has 4 nitrogen and oxygen atoms in total. The maximum atomic E-state index is 11.2. The first-order chi connectivity index (χ1) is 10.9. The van der Waals surface area contributed by atoms with Crippen LogP contribution < -0.4 is 0 Å². The van der Waals surface area contributed by atoms with Gasteiger partial charge < -0.3 is 10.2 Å². The van der Waals surface area contributed by atoms with E-state index in [0.717, 1.165) is 12.8 Å². The van der Waals surface area contributed by atoms with Crippen LogP contribution in [0.5, 0.6) is 0 Å². The van der Waals surface area contributed by atoms with Crippen LogP contribution in [0.4, 0.5) is 0 Å². The molecule has 0 saturated heterocycles. The molecule has 0 heterocycles. The van der Waals surface area contributed by atoms with Gasteiger partial charge in [-0.2, -0.15) is 0 Å². The summed E-state index contributed by atoms with van der Waals surface area (Å²) >= 11 is 4.75. The van der Waals surface area contributed by atoms with Gasteiger partial charge in [-0.15, -0.1) is 0 Å². The smallest absolute Gasteiger partial charge is 0.343 e. The molecule has 0 aliphatic heterocycles. The Balaban J connectivity index is 3.80. The number of unbranched alkanes of at least 4 members (excludes halogenated alkanes) is 9. The molecular weight excluding hydrogens is 312 g/mol. The minimum atomic E-state index is -1.29. The van der Waals surface area contributed by atoms with Crippen LogP contribution in [0.3, 0.4) is 0 Å². The van der Waals surface area contributed by atoms with Gasteiger partial charge in [0.25, 0.3) is 0 Å². The summed E-state index contributed by atoms with van der Waals surface area (Å²) in [6.07, 6.45) is 13.0. The molecule has 134 valence electrons. The van der Waals surface area contributed by atoms with Crippen molar-refractivity contribution in [3.63, 3.8) is 0 Å². The van der Waals surface area contributed by atoms with Crippen molar-refractivity contribution >= 4 is 29.0 Å². The van der Waals surface area contributed by atoms with Gasteiger partial charge in [-0.3, -0.25) is 4.79 Å². The zero-order valence-corrected chi connectivity index (χ0v) is 15.4. The lowest BCUT2D eigenvalue weighted by Crippen LogP contribution is -2.33. The van der Waals surface area contributed by atoms with Crippen molar-refractivity contribution in [2.45, 2.75) is 84.5 Å². The summed E-state index contributed by atoms with van der Waals surface area (Å²) in [6.45, 7) is 4.00. The molecule has 5 heteroatoms. The molecule has 0 saturated carbocycles. The van der Waals surface area contributed by atoms with E-state index in [4.69, 9.17) is 17.3 Å². The van der Waals surface area contributed by atoms with Gasteiger partial charge in [-0.1, -0.05) is 90.3 Å². The molecule has 0 aromatic heterocycles. The first kappa shape index (κ1) is 22.0. The molecule has 0 bridgehead atoms. The molecule has 2 atom stereocenters. The van der Waals surface area contributed by atoms with Crippen molar-refractivity contribution in [2.24, 2.45) is 11.8 Å². The van der Waals surface area contributed by atoms with Crippen molar-refractivity contribution in [3.8, 4) is 0 Å². The number of carboxylic acid groups (broad SMARTS) is 2. The number of thiocarbonyl (C=S) groups is 1. The van der Waals surface area contributed by atoms with Gasteiger partial charge in [0.2, 0.25) is 0 Å². The number of hydrogen-bond donors (Lipinski definition) is 2. The second kappa shape index (κ2) is 13.5. The highest BCUT2D eigenvalue weighted by molar-refractivity contribution is 7.82. The van der Waals surface area contributed by atoms with Crippen molar-refractivity contribution in [2.75, 3.05) is 0 Å². The average Bonchev–Trinajstić information content (AvgIpc) is 2.48. The quantitative estimate of drug-likeness (QED) is 0.320. The zero-order valence-electron chi connectivity index (χ0n) is 14.6. The molecule has 2 unspecified atom stereocenters. The van der Waals surface area contributed by atoms with Gasteiger partial charge >= 0.3 is 11.9 Å². The first-order valence-electron chi connectivity index (χ1n) is 8.91. The van der Waals surface area contributed by atoms with Crippen LogP contribution in [0.25, 0.3) is 0 Å². The summed E-state index contributed by atoms with van der Waals surface area (Å²) in [5, 5.41) is 18.1. The minimum absolute atomic E-state index is 0.231. The van der Waals surface area contributed by atoms with Gasteiger partial charge in [0.05, 0.1) is 0 Å². The summed E-state index contributed by atoms with van der Waals surface area (Å²) < 4.78 is 0. The summed E-state index contributed by atoms with van der Waals surface area (Å²) in [5.41, 5.74) is 0. The second-order valence-electron chi connectivity index (χ2n) is 6.43. The lowest BCUT2D eigenvalue weighted by Gasteiger charge is -2.19. The second-order valence-corrected chi connectivity index (χ2v) is 6.87. The Morgan fingerprint density at radius 1 is 0.870 bits per heavy atom. The summed E-state index contributed by atoms with van der Waals surface area (Å²) in [7, 11) is 0. The minimum Gasteiger partial charge on any atom is -0.481 e. The van der Waals surface area contributed by atoms with E-state index in [-0.39, 0.29) is 10.8 Å². The standard InChI is InChI=1S/C18H32O4S/c1-3-4-5-6-7-8-9-10-11-12-13-14(2)15(17(19)20)16(23)18(21)22/h14-15H,3-13H2,1-2H3,(H,19,20)(H,21,22). The Morgan fingerprint density at radius 3 is 1.70 bits per heavy atom. The summed E-state index contributed by atoms with van der Waals surface area (Å²) in [4.78, 5) is 21.7. The van der Waals surface area contributed by atoms with Gasteiger partial charge in [0, 0.05) is 0 Å². The molecular formula is C18H32O4S. The fraction of sp³-hybridized carbons (Fsp3) is 0.833. The van der Waals surface area contributed by atoms with Crippen LogP contribution >= 0.6 is 12.2 Å². The Hall–Kier alpha value is -0.970. The maximum absolute atomic E-state index is 11.2. The van der Waals surface area contributed by atoms with E-state index in [1.165, 1.54) is 51.4 Å². The number of rotatable bonds is 15. The lowest BCUT2D eigenvalue weighted by molar-refractivity contribution is -0.142. The van der Waals surface area contributed by atoms with E-state index in [0.29, 0.717) is 6.42 Å². The highest BCUT2D eigenvalue weighted by Crippen LogP contribution is 2.22. The third kappa shape index (κ3) is 10.4. The molecule has 0 fully saturated rings. The van der Waals surface area contributed by atoms with Crippen LogP contribution in [0.1, 0.15) is 84.5 Å². The molecule has 0 amide bonds. The predicted molar refractivity (Wildman–Crippen MR) is 97.0 cm³/mol. The summed E-state index contributed by atoms with van der Waals surface area (Å²) in [6, 6.07) is 0. The van der Waals surface area contributed by atoms with E-state index >= 15 is 0 Å². The van der Waals surface area contributed by atoms with E-state index in [1.807, 2.05) is 0 Å². The highest BCUT2D eigenvalue weighted by atomic mass is 32.1. The number of hydrogen-bond acceptors (Lipinski definition) is 3. The topological polar surface area (TPSA) is 74.6 Å². The van der Waals surface area contributed by atoms with E-state index < -0.39 is 17.9 Å². The van der Waals surface area contributed by atoms with Gasteiger partial charge in [-0.25, -0.2) is 4.79 Å². The monoisotopic (exact) mass is 344 g/mol. The van der Waals surface area contributed by atoms with Crippen molar-refractivity contribution in [3.05, 3.63) is 0 Å². The van der Waals surface area contributed by atoms with Crippen molar-refractivity contribution in [1.29, 1.82) is 0 Å². The molecule has 0 radical (unpaired) electrons. The molecule has 0 aromatic rings. The third-order valence-corrected chi connectivity index (χ3v) is 4.77. The summed E-state index contributed by atoms with van der Waals surface area (Å²) in [5.74, 6) is -3.70.